The standard InChI is InChI=1S/C22H18N2O4.C21H16N2O4/c23-11-18-20(16-9-10-27-13-16)17-3-1-2-4-19(17)24-21(18)28-12-14-5-7-15(8-6-14)22(25)26;22-10-17-19(15-8-9-26-12-15)16-2-1-3-18(16)23-20(17)27-11-13-4-6-14(7-5-13)21(24)25/h5-10,13H,1-4,12H2,(H,25,26);4-9,12H,1-3,11H2,(H,24,25). The van der Waals surface area contributed by atoms with Crippen molar-refractivity contribution in [2.45, 2.75) is 58.2 Å². The molecule has 0 radical (unpaired) electrons. The summed E-state index contributed by atoms with van der Waals surface area (Å²) in [7, 11) is 0. The van der Waals surface area contributed by atoms with Crippen molar-refractivity contribution in [1.29, 1.82) is 10.5 Å². The normalized spacial score (nSPS) is 12.6. The molecule has 2 N–H and O–H groups in total. The van der Waals surface area contributed by atoms with Gasteiger partial charge in [-0.2, -0.15) is 10.5 Å². The van der Waals surface area contributed by atoms with E-state index >= 15 is 0 Å². The van der Waals surface area contributed by atoms with Gasteiger partial charge in [-0.05, 0) is 104 Å². The third-order valence-electron chi connectivity index (χ3n) is 9.63. The van der Waals surface area contributed by atoms with E-state index in [0.717, 1.165) is 101 Å². The number of carbonyl (C=O) groups is 2. The van der Waals surface area contributed by atoms with Gasteiger partial charge in [-0.15, -0.1) is 0 Å². The number of aromatic nitrogens is 2. The first-order valence-electron chi connectivity index (χ1n) is 17.7. The molecular formula is C43H34N4O8. The smallest absolute Gasteiger partial charge is 0.335 e. The van der Waals surface area contributed by atoms with Crippen molar-refractivity contribution in [2.75, 3.05) is 0 Å². The predicted octanol–water partition coefficient (Wildman–Crippen LogP) is 8.35. The molecule has 0 spiro atoms. The van der Waals surface area contributed by atoms with Gasteiger partial charge in [0.05, 0.1) is 36.2 Å². The molecule has 0 aliphatic heterocycles. The van der Waals surface area contributed by atoms with Crippen LogP contribution in [0.5, 0.6) is 11.8 Å². The van der Waals surface area contributed by atoms with Crippen LogP contribution in [0.2, 0.25) is 0 Å². The Morgan fingerprint density at radius 3 is 1.44 bits per heavy atom. The number of ether oxygens (including phenoxy) is 2. The van der Waals surface area contributed by atoms with E-state index in [1.54, 1.807) is 49.3 Å². The van der Waals surface area contributed by atoms with Crippen LogP contribution in [-0.4, -0.2) is 32.1 Å². The third kappa shape index (κ3) is 7.80. The lowest BCUT2D eigenvalue weighted by Gasteiger charge is -2.21. The van der Waals surface area contributed by atoms with Crippen LogP contribution in [0.1, 0.15) is 84.7 Å². The lowest BCUT2D eigenvalue weighted by atomic mass is 9.87. The molecule has 2 aromatic carbocycles. The Morgan fingerprint density at radius 1 is 0.618 bits per heavy atom. The van der Waals surface area contributed by atoms with Gasteiger partial charge in [0, 0.05) is 33.6 Å². The summed E-state index contributed by atoms with van der Waals surface area (Å²) in [5.74, 6) is -1.34. The highest BCUT2D eigenvalue weighted by Gasteiger charge is 2.26. The Kier molecular flexibility index (Phi) is 10.7. The zero-order chi connectivity index (χ0) is 38.3. The van der Waals surface area contributed by atoms with Gasteiger partial charge in [-0.1, -0.05) is 24.3 Å². The molecule has 0 unspecified atom stereocenters. The van der Waals surface area contributed by atoms with Crippen LogP contribution in [0.15, 0.2) is 94.6 Å². The minimum Gasteiger partial charge on any atom is -0.478 e. The fourth-order valence-electron chi connectivity index (χ4n) is 6.93. The fourth-order valence-corrected chi connectivity index (χ4v) is 6.93. The van der Waals surface area contributed by atoms with Crippen LogP contribution < -0.4 is 9.47 Å². The van der Waals surface area contributed by atoms with Gasteiger partial charge in [-0.3, -0.25) is 0 Å². The highest BCUT2D eigenvalue weighted by atomic mass is 16.5. The van der Waals surface area contributed by atoms with E-state index in [-0.39, 0.29) is 24.3 Å². The van der Waals surface area contributed by atoms with Gasteiger partial charge in [0.15, 0.2) is 0 Å². The molecule has 55 heavy (non-hydrogen) atoms. The van der Waals surface area contributed by atoms with E-state index in [0.29, 0.717) is 22.9 Å². The number of hydrogen-bond acceptors (Lipinski definition) is 10. The summed E-state index contributed by atoms with van der Waals surface area (Å²) < 4.78 is 22.2. The molecule has 274 valence electrons. The Balaban J connectivity index is 0.000000169. The summed E-state index contributed by atoms with van der Waals surface area (Å²) in [6, 6.07) is 21.1. The second-order valence-electron chi connectivity index (χ2n) is 13.1. The van der Waals surface area contributed by atoms with E-state index in [4.69, 9.17) is 28.5 Å². The second kappa shape index (κ2) is 16.2. The van der Waals surface area contributed by atoms with Crippen molar-refractivity contribution in [3.8, 4) is 46.2 Å². The number of pyridine rings is 2. The summed E-state index contributed by atoms with van der Waals surface area (Å²) >= 11 is 0. The fraction of sp³-hybridized carbons (Fsp3) is 0.209. The van der Waals surface area contributed by atoms with Crippen molar-refractivity contribution in [3.05, 3.63) is 142 Å². The average Bonchev–Trinajstić information content (AvgIpc) is 4.03. The average molecular weight is 735 g/mol. The van der Waals surface area contributed by atoms with Crippen molar-refractivity contribution >= 4 is 11.9 Å². The maximum absolute atomic E-state index is 11.0. The topological polar surface area (TPSA) is 193 Å². The van der Waals surface area contributed by atoms with Gasteiger partial charge in [0.25, 0.3) is 0 Å². The number of carboxylic acids is 2. The third-order valence-corrected chi connectivity index (χ3v) is 9.63. The highest BCUT2D eigenvalue weighted by molar-refractivity contribution is 5.88. The number of rotatable bonds is 10. The molecule has 0 bridgehead atoms. The van der Waals surface area contributed by atoms with Gasteiger partial charge in [-0.25, -0.2) is 19.6 Å². The minimum absolute atomic E-state index is 0.200. The van der Waals surface area contributed by atoms with E-state index in [1.807, 2.05) is 12.1 Å². The van der Waals surface area contributed by atoms with Gasteiger partial charge in [0.2, 0.25) is 11.8 Å². The Morgan fingerprint density at radius 2 is 1.04 bits per heavy atom. The summed E-state index contributed by atoms with van der Waals surface area (Å²) in [5.41, 5.74) is 10.4. The van der Waals surface area contributed by atoms with E-state index in [9.17, 15) is 20.1 Å². The number of aryl methyl sites for hydroxylation is 2. The first-order chi connectivity index (χ1) is 26.8. The molecule has 0 atom stereocenters. The maximum atomic E-state index is 11.0. The van der Waals surface area contributed by atoms with Crippen LogP contribution in [0, 0.1) is 22.7 Å². The van der Waals surface area contributed by atoms with Gasteiger partial charge in [0.1, 0.15) is 36.5 Å². The predicted molar refractivity (Wildman–Crippen MR) is 197 cm³/mol. The van der Waals surface area contributed by atoms with Crippen molar-refractivity contribution in [3.63, 3.8) is 0 Å². The number of carboxylic acid groups (broad SMARTS) is 2. The maximum Gasteiger partial charge on any atom is 0.335 e. The SMILES string of the molecule is N#Cc1c(OCc2ccc(C(=O)O)cc2)nc2c(c1-c1ccoc1)CCC2.N#Cc1c(OCc2ccc(C(=O)O)cc2)nc2c(c1-c1ccoc1)CCCC2. The molecule has 2 aliphatic rings. The number of furan rings is 2. The zero-order valence-electron chi connectivity index (χ0n) is 29.6. The van der Waals surface area contributed by atoms with Crippen molar-refractivity contribution < 1.29 is 38.1 Å². The van der Waals surface area contributed by atoms with Crippen LogP contribution >= 0.6 is 0 Å². The highest BCUT2D eigenvalue weighted by Crippen LogP contribution is 2.39. The molecule has 6 aromatic rings. The molecule has 4 heterocycles. The lowest BCUT2D eigenvalue weighted by Crippen LogP contribution is -2.11. The molecule has 0 fully saturated rings. The Labute approximate surface area is 315 Å². The number of fused-ring (bicyclic) bond motifs is 2. The van der Waals surface area contributed by atoms with Gasteiger partial charge >= 0.3 is 11.9 Å². The summed E-state index contributed by atoms with van der Waals surface area (Å²) in [5, 5.41) is 37.6. The number of aromatic carboxylic acids is 2. The quantitative estimate of drug-likeness (QED) is 0.137. The molecular weight excluding hydrogens is 700 g/mol. The van der Waals surface area contributed by atoms with Crippen molar-refractivity contribution in [2.24, 2.45) is 0 Å². The summed E-state index contributed by atoms with van der Waals surface area (Å²) in [6.45, 7) is 0.399. The Bertz CT molecular complexity index is 2420. The molecule has 0 saturated carbocycles. The number of benzene rings is 2. The monoisotopic (exact) mass is 734 g/mol. The first-order valence-corrected chi connectivity index (χ1v) is 17.7. The largest absolute Gasteiger partial charge is 0.478 e. The summed E-state index contributed by atoms with van der Waals surface area (Å²) in [6.07, 6.45) is 13.1. The molecule has 4 aromatic heterocycles. The van der Waals surface area contributed by atoms with Crippen LogP contribution in [-0.2, 0) is 38.9 Å². The van der Waals surface area contributed by atoms with Crippen molar-refractivity contribution in [1.82, 2.24) is 9.97 Å². The second-order valence-corrected chi connectivity index (χ2v) is 13.1. The number of nitriles is 2. The summed E-state index contributed by atoms with van der Waals surface area (Å²) in [4.78, 5) is 31.2. The number of nitrogens with zero attached hydrogens (tertiary/aromatic N) is 4. The van der Waals surface area contributed by atoms with E-state index < -0.39 is 11.9 Å². The van der Waals surface area contributed by atoms with Crippen LogP contribution in [0.25, 0.3) is 22.3 Å². The minimum atomic E-state index is -0.973. The molecule has 12 nitrogen and oxygen atoms in total. The molecule has 0 amide bonds. The molecule has 0 saturated heterocycles. The van der Waals surface area contributed by atoms with E-state index in [2.05, 4.69) is 22.1 Å². The van der Waals surface area contributed by atoms with Crippen LogP contribution in [0.3, 0.4) is 0 Å². The van der Waals surface area contributed by atoms with Crippen LogP contribution in [0.4, 0.5) is 0 Å². The zero-order valence-corrected chi connectivity index (χ0v) is 29.6. The van der Waals surface area contributed by atoms with Gasteiger partial charge < -0.3 is 28.5 Å². The molecule has 8 rings (SSSR count). The van der Waals surface area contributed by atoms with E-state index in [1.165, 1.54) is 24.3 Å². The number of hydrogen-bond donors (Lipinski definition) is 2. The molecule has 12 heteroatoms. The Hall–Kier alpha value is -7.18. The first kappa shape index (κ1) is 36.2. The lowest BCUT2D eigenvalue weighted by molar-refractivity contribution is 0.0686. The molecule has 2 aliphatic carbocycles.